The normalized spacial score (nSPS) is 29.8. The highest BCUT2D eigenvalue weighted by molar-refractivity contribution is 5.69. The molecule has 1 heterocycles. The molecule has 0 amide bonds. The number of carbonyl (C=O) groups excluding carboxylic acids is 1. The van der Waals surface area contributed by atoms with E-state index in [1.807, 2.05) is 0 Å². The lowest BCUT2D eigenvalue weighted by Gasteiger charge is -2.40. The molecule has 1 aliphatic rings. The molecule has 0 aromatic heterocycles. The Balaban J connectivity index is 2.32. The van der Waals surface area contributed by atoms with Crippen molar-refractivity contribution in [3.8, 4) is 0 Å². The van der Waals surface area contributed by atoms with E-state index in [4.69, 9.17) is 14.2 Å². The molecule has 0 aliphatic carbocycles. The Bertz CT molecular complexity index is 374. The van der Waals surface area contributed by atoms with E-state index in [1.165, 1.54) is 19.3 Å². The predicted octanol–water partition coefficient (Wildman–Crippen LogP) is 1.51. The van der Waals surface area contributed by atoms with Gasteiger partial charge in [0, 0.05) is 6.42 Å². The van der Waals surface area contributed by atoms with Crippen molar-refractivity contribution in [2.75, 3.05) is 6.61 Å². The van der Waals surface area contributed by atoms with Crippen LogP contribution in [0.15, 0.2) is 0 Å². The molecule has 1 saturated heterocycles. The lowest BCUT2D eigenvalue weighted by atomic mass is 9.99. The summed E-state index contributed by atoms with van der Waals surface area (Å²) in [5.41, 5.74) is 0. The van der Waals surface area contributed by atoms with Crippen molar-refractivity contribution in [1.82, 2.24) is 0 Å². The Morgan fingerprint density at radius 3 is 2.28 bits per heavy atom. The molecule has 0 bridgehead atoms. The van der Waals surface area contributed by atoms with Gasteiger partial charge in [0.1, 0.15) is 31.0 Å². The number of hydrogen-bond acceptors (Lipinski definition) is 7. The van der Waals surface area contributed by atoms with Crippen LogP contribution in [0.5, 0.6) is 0 Å². The molecule has 0 saturated carbocycles. The van der Waals surface area contributed by atoms with Crippen molar-refractivity contribution in [2.24, 2.45) is 0 Å². The smallest absolute Gasteiger partial charge is 0.305 e. The SMILES string of the molecule is CCCCCCCCC(=O)OC[C@H]1OC(OC(C)C)[C@H](O)[C@@H](O)[C@@H]1O. The fourth-order valence-electron chi connectivity index (χ4n) is 2.73. The van der Waals surface area contributed by atoms with Gasteiger partial charge in [-0.05, 0) is 20.3 Å². The van der Waals surface area contributed by atoms with Crippen molar-refractivity contribution in [2.45, 2.75) is 103 Å². The standard InChI is InChI=1S/C18H34O7/c1-4-5-6-7-8-9-10-14(19)23-11-13-15(20)16(21)17(22)18(25-13)24-12(2)3/h12-13,15-18,20-22H,4-11H2,1-3H3/t13-,15-,16+,17-,18?/m1/s1. The van der Waals surface area contributed by atoms with E-state index >= 15 is 0 Å². The number of ether oxygens (including phenoxy) is 3. The van der Waals surface area contributed by atoms with Crippen LogP contribution in [0.25, 0.3) is 0 Å². The van der Waals surface area contributed by atoms with Crippen LogP contribution in [-0.4, -0.2) is 64.7 Å². The van der Waals surface area contributed by atoms with Crippen LogP contribution >= 0.6 is 0 Å². The molecule has 1 rings (SSSR count). The Morgan fingerprint density at radius 2 is 1.64 bits per heavy atom. The van der Waals surface area contributed by atoms with E-state index in [9.17, 15) is 20.1 Å². The first kappa shape index (κ1) is 22.3. The van der Waals surface area contributed by atoms with Crippen molar-refractivity contribution >= 4 is 5.97 Å². The average Bonchev–Trinajstić information content (AvgIpc) is 2.57. The molecule has 0 aromatic rings. The van der Waals surface area contributed by atoms with Gasteiger partial charge in [-0.2, -0.15) is 0 Å². The van der Waals surface area contributed by atoms with Gasteiger partial charge in [-0.25, -0.2) is 0 Å². The molecule has 0 aromatic carbocycles. The molecule has 0 spiro atoms. The van der Waals surface area contributed by atoms with Crippen LogP contribution in [0.2, 0.25) is 0 Å². The van der Waals surface area contributed by atoms with Crippen LogP contribution < -0.4 is 0 Å². The molecular formula is C18H34O7. The van der Waals surface area contributed by atoms with E-state index in [1.54, 1.807) is 13.8 Å². The van der Waals surface area contributed by atoms with Gasteiger partial charge in [0.25, 0.3) is 0 Å². The summed E-state index contributed by atoms with van der Waals surface area (Å²) in [5.74, 6) is -0.353. The maximum Gasteiger partial charge on any atom is 0.305 e. The molecule has 148 valence electrons. The molecule has 1 fully saturated rings. The fourth-order valence-corrected chi connectivity index (χ4v) is 2.73. The first-order valence-corrected chi connectivity index (χ1v) is 9.37. The Morgan fingerprint density at radius 1 is 1.00 bits per heavy atom. The Hall–Kier alpha value is -0.730. The first-order valence-electron chi connectivity index (χ1n) is 9.37. The van der Waals surface area contributed by atoms with E-state index in [2.05, 4.69) is 6.92 Å². The molecule has 5 atom stereocenters. The van der Waals surface area contributed by atoms with E-state index in [0.29, 0.717) is 6.42 Å². The van der Waals surface area contributed by atoms with Crippen LogP contribution in [0, 0.1) is 0 Å². The third kappa shape index (κ3) is 8.00. The predicted molar refractivity (Wildman–Crippen MR) is 91.9 cm³/mol. The van der Waals surface area contributed by atoms with Gasteiger partial charge in [0.05, 0.1) is 6.10 Å². The zero-order valence-corrected chi connectivity index (χ0v) is 15.6. The molecule has 3 N–H and O–H groups in total. The van der Waals surface area contributed by atoms with Crippen molar-refractivity contribution in [3.05, 3.63) is 0 Å². The third-order valence-electron chi connectivity index (χ3n) is 4.22. The number of hydrogen-bond donors (Lipinski definition) is 3. The number of aliphatic hydroxyl groups excluding tert-OH is 3. The van der Waals surface area contributed by atoms with Crippen molar-refractivity contribution in [1.29, 1.82) is 0 Å². The summed E-state index contributed by atoms with van der Waals surface area (Å²) in [6, 6.07) is 0. The molecule has 7 nitrogen and oxygen atoms in total. The van der Waals surface area contributed by atoms with E-state index < -0.39 is 30.7 Å². The van der Waals surface area contributed by atoms with Gasteiger partial charge in [0.15, 0.2) is 6.29 Å². The number of carbonyl (C=O) groups is 1. The van der Waals surface area contributed by atoms with Crippen LogP contribution in [-0.2, 0) is 19.0 Å². The van der Waals surface area contributed by atoms with Gasteiger partial charge in [0.2, 0.25) is 0 Å². The minimum atomic E-state index is -1.42. The van der Waals surface area contributed by atoms with Gasteiger partial charge in [-0.3, -0.25) is 4.79 Å². The minimum Gasteiger partial charge on any atom is -0.463 e. The highest BCUT2D eigenvalue weighted by Gasteiger charge is 2.45. The highest BCUT2D eigenvalue weighted by Crippen LogP contribution is 2.23. The summed E-state index contributed by atoms with van der Waals surface area (Å²) >= 11 is 0. The second-order valence-corrected chi connectivity index (χ2v) is 6.90. The average molecular weight is 362 g/mol. The zero-order chi connectivity index (χ0) is 18.8. The number of unbranched alkanes of at least 4 members (excludes halogenated alkanes) is 5. The first-order chi connectivity index (χ1) is 11.9. The molecule has 0 radical (unpaired) electrons. The van der Waals surface area contributed by atoms with Crippen LogP contribution in [0.1, 0.15) is 65.7 Å². The van der Waals surface area contributed by atoms with Gasteiger partial charge >= 0.3 is 5.97 Å². The lowest BCUT2D eigenvalue weighted by molar-refractivity contribution is -0.309. The zero-order valence-electron chi connectivity index (χ0n) is 15.6. The van der Waals surface area contributed by atoms with Crippen LogP contribution in [0.3, 0.4) is 0 Å². The minimum absolute atomic E-state index is 0.183. The van der Waals surface area contributed by atoms with E-state index in [-0.39, 0.29) is 18.7 Å². The van der Waals surface area contributed by atoms with Gasteiger partial charge in [-0.15, -0.1) is 0 Å². The Labute approximate surface area is 150 Å². The summed E-state index contributed by atoms with van der Waals surface area (Å²) in [4.78, 5) is 11.8. The van der Waals surface area contributed by atoms with Crippen LogP contribution in [0.4, 0.5) is 0 Å². The lowest BCUT2D eigenvalue weighted by Crippen LogP contribution is -2.59. The quantitative estimate of drug-likeness (QED) is 0.378. The summed E-state index contributed by atoms with van der Waals surface area (Å²) in [5, 5.41) is 29.8. The van der Waals surface area contributed by atoms with Crippen molar-refractivity contribution in [3.63, 3.8) is 0 Å². The molecule has 1 aliphatic heterocycles. The maximum absolute atomic E-state index is 11.8. The summed E-state index contributed by atoms with van der Waals surface area (Å²) in [6.07, 6.45) is 0.457. The van der Waals surface area contributed by atoms with Gasteiger partial charge in [-0.1, -0.05) is 39.0 Å². The second kappa shape index (κ2) is 11.8. The number of rotatable bonds is 11. The summed E-state index contributed by atoms with van der Waals surface area (Å²) in [6.45, 7) is 5.51. The van der Waals surface area contributed by atoms with E-state index in [0.717, 1.165) is 19.3 Å². The molecule has 1 unspecified atom stereocenters. The highest BCUT2D eigenvalue weighted by atomic mass is 16.7. The maximum atomic E-state index is 11.8. The van der Waals surface area contributed by atoms with Gasteiger partial charge < -0.3 is 29.5 Å². The monoisotopic (exact) mass is 362 g/mol. The van der Waals surface area contributed by atoms with Crippen molar-refractivity contribution < 1.29 is 34.3 Å². The number of esters is 1. The molecular weight excluding hydrogens is 328 g/mol. The third-order valence-corrected chi connectivity index (χ3v) is 4.22. The molecule has 7 heteroatoms. The fraction of sp³-hybridized carbons (Fsp3) is 0.944. The topological polar surface area (TPSA) is 105 Å². The summed E-state index contributed by atoms with van der Waals surface area (Å²) < 4.78 is 16.0. The number of aliphatic hydroxyl groups is 3. The largest absolute Gasteiger partial charge is 0.463 e. The second-order valence-electron chi connectivity index (χ2n) is 6.90. The molecule has 25 heavy (non-hydrogen) atoms. The Kier molecular flexibility index (Phi) is 10.5. The summed E-state index contributed by atoms with van der Waals surface area (Å²) in [7, 11) is 0.